The topological polar surface area (TPSA) is 82.1 Å². The van der Waals surface area contributed by atoms with Gasteiger partial charge in [0.1, 0.15) is 23.9 Å². The van der Waals surface area contributed by atoms with E-state index in [4.69, 9.17) is 14.2 Å². The van der Waals surface area contributed by atoms with Crippen molar-refractivity contribution >= 4 is 21.7 Å². The lowest BCUT2D eigenvalue weighted by molar-refractivity contribution is -0.141. The van der Waals surface area contributed by atoms with E-state index in [0.29, 0.717) is 5.75 Å². The summed E-state index contributed by atoms with van der Waals surface area (Å²) < 4.78 is 55.6. The van der Waals surface area contributed by atoms with Crippen molar-refractivity contribution in [2.45, 2.75) is 11.8 Å². The number of anilines is 1. The fourth-order valence-corrected chi connectivity index (χ4v) is 3.76. The van der Waals surface area contributed by atoms with Crippen LogP contribution < -0.4 is 13.8 Å². The summed E-state index contributed by atoms with van der Waals surface area (Å²) >= 11 is 0. The predicted molar refractivity (Wildman–Crippen MR) is 97.1 cm³/mol. The number of nitrogens with zero attached hydrogens (tertiary/aromatic N) is 1. The molecule has 0 fully saturated rings. The zero-order valence-corrected chi connectivity index (χ0v) is 16.0. The van der Waals surface area contributed by atoms with Gasteiger partial charge in [0, 0.05) is 6.07 Å². The highest BCUT2D eigenvalue weighted by Gasteiger charge is 2.30. The zero-order chi connectivity index (χ0) is 20.0. The molecule has 0 amide bonds. The van der Waals surface area contributed by atoms with Gasteiger partial charge in [0.2, 0.25) is 0 Å². The molecule has 7 nitrogen and oxygen atoms in total. The molecule has 0 heterocycles. The lowest BCUT2D eigenvalue weighted by Gasteiger charge is -2.25. The van der Waals surface area contributed by atoms with Crippen LogP contribution in [0.5, 0.6) is 11.5 Å². The second-order valence-corrected chi connectivity index (χ2v) is 7.17. The first-order chi connectivity index (χ1) is 12.8. The van der Waals surface area contributed by atoms with Gasteiger partial charge in [-0.3, -0.25) is 9.10 Å². The second kappa shape index (κ2) is 8.72. The van der Waals surface area contributed by atoms with Gasteiger partial charge in [-0.25, -0.2) is 12.8 Å². The van der Waals surface area contributed by atoms with Crippen LogP contribution in [0.3, 0.4) is 0 Å². The minimum absolute atomic E-state index is 0.0919. The SMILES string of the molecule is CCOC(=O)CN(c1cc(OC)ccc1OC)S(=O)(=O)c1ccc(F)cc1. The Morgan fingerprint density at radius 1 is 1.07 bits per heavy atom. The van der Waals surface area contributed by atoms with Crippen LogP contribution in [0, 0.1) is 5.82 Å². The molecule has 0 bridgehead atoms. The number of carbonyl (C=O) groups excluding carboxylic acids is 1. The van der Waals surface area contributed by atoms with Gasteiger partial charge in [-0.15, -0.1) is 0 Å². The van der Waals surface area contributed by atoms with Crippen molar-refractivity contribution in [3.63, 3.8) is 0 Å². The molecule has 0 saturated heterocycles. The lowest BCUT2D eigenvalue weighted by atomic mass is 10.2. The van der Waals surface area contributed by atoms with Crippen LogP contribution in [0.4, 0.5) is 10.1 Å². The Kier molecular flexibility index (Phi) is 6.62. The van der Waals surface area contributed by atoms with E-state index in [9.17, 15) is 17.6 Å². The van der Waals surface area contributed by atoms with Gasteiger partial charge in [-0.1, -0.05) is 0 Å². The molecular weight excluding hydrogens is 377 g/mol. The third-order valence-corrected chi connectivity index (χ3v) is 5.41. The number of sulfonamides is 1. The zero-order valence-electron chi connectivity index (χ0n) is 15.1. The molecule has 2 rings (SSSR count). The summed E-state index contributed by atoms with van der Waals surface area (Å²) in [6.07, 6.45) is 0. The fraction of sp³-hybridized carbons (Fsp3) is 0.278. The van der Waals surface area contributed by atoms with Crippen molar-refractivity contribution in [1.29, 1.82) is 0 Å². The van der Waals surface area contributed by atoms with Gasteiger partial charge in [0.25, 0.3) is 10.0 Å². The number of rotatable bonds is 8. The van der Waals surface area contributed by atoms with Gasteiger partial charge in [-0.05, 0) is 43.3 Å². The summed E-state index contributed by atoms with van der Waals surface area (Å²) in [6, 6.07) is 8.84. The predicted octanol–water partition coefficient (Wildman–Crippen LogP) is 2.60. The number of methoxy groups -OCH3 is 2. The van der Waals surface area contributed by atoms with Crippen molar-refractivity contribution in [3.8, 4) is 11.5 Å². The van der Waals surface area contributed by atoms with E-state index >= 15 is 0 Å². The van der Waals surface area contributed by atoms with E-state index in [1.165, 1.54) is 26.4 Å². The summed E-state index contributed by atoms with van der Waals surface area (Å²) in [5.41, 5.74) is 0.0919. The molecule has 0 saturated carbocycles. The second-order valence-electron chi connectivity index (χ2n) is 5.31. The minimum Gasteiger partial charge on any atom is -0.497 e. The van der Waals surface area contributed by atoms with Crippen LogP contribution >= 0.6 is 0 Å². The molecule has 0 aliphatic rings. The van der Waals surface area contributed by atoms with Gasteiger partial charge < -0.3 is 14.2 Å². The van der Waals surface area contributed by atoms with E-state index in [1.54, 1.807) is 13.0 Å². The summed E-state index contributed by atoms with van der Waals surface area (Å²) in [6.45, 7) is 1.12. The van der Waals surface area contributed by atoms with Crippen molar-refractivity contribution in [1.82, 2.24) is 0 Å². The molecule has 0 atom stereocenters. The first kappa shape index (κ1) is 20.5. The van der Waals surface area contributed by atoms with Crippen molar-refractivity contribution in [2.75, 3.05) is 31.7 Å². The Balaban J connectivity index is 2.61. The molecule has 0 aromatic heterocycles. The highest BCUT2D eigenvalue weighted by Crippen LogP contribution is 2.35. The van der Waals surface area contributed by atoms with Gasteiger partial charge in [-0.2, -0.15) is 0 Å². The number of hydrogen-bond donors (Lipinski definition) is 0. The molecule has 2 aromatic rings. The highest BCUT2D eigenvalue weighted by molar-refractivity contribution is 7.92. The average molecular weight is 397 g/mol. The quantitative estimate of drug-likeness (QED) is 0.637. The van der Waals surface area contributed by atoms with Gasteiger partial charge in [0.15, 0.2) is 0 Å². The average Bonchev–Trinajstić information content (AvgIpc) is 2.66. The largest absolute Gasteiger partial charge is 0.497 e. The smallest absolute Gasteiger partial charge is 0.326 e. The third-order valence-electron chi connectivity index (χ3n) is 3.63. The Morgan fingerprint density at radius 2 is 1.74 bits per heavy atom. The third kappa shape index (κ3) is 4.68. The number of carbonyl (C=O) groups is 1. The normalized spacial score (nSPS) is 11.0. The molecule has 0 aliphatic heterocycles. The number of ether oxygens (including phenoxy) is 3. The molecule has 0 aliphatic carbocycles. The lowest BCUT2D eigenvalue weighted by Crippen LogP contribution is -2.37. The van der Waals surface area contributed by atoms with Crippen molar-refractivity contribution in [3.05, 3.63) is 48.3 Å². The Bertz CT molecular complexity index is 899. The molecule has 0 spiro atoms. The summed E-state index contributed by atoms with van der Waals surface area (Å²) in [5, 5.41) is 0. The van der Waals surface area contributed by atoms with Crippen LogP contribution in [0.1, 0.15) is 6.92 Å². The van der Waals surface area contributed by atoms with E-state index in [2.05, 4.69) is 0 Å². The number of halogens is 1. The monoisotopic (exact) mass is 397 g/mol. The molecule has 9 heteroatoms. The van der Waals surface area contributed by atoms with Gasteiger partial charge >= 0.3 is 5.97 Å². The molecule has 0 unspecified atom stereocenters. The number of benzene rings is 2. The van der Waals surface area contributed by atoms with E-state index in [0.717, 1.165) is 28.6 Å². The Hall–Kier alpha value is -2.81. The maximum atomic E-state index is 13.2. The van der Waals surface area contributed by atoms with Crippen LogP contribution in [0.25, 0.3) is 0 Å². The first-order valence-electron chi connectivity index (χ1n) is 7.99. The van der Waals surface area contributed by atoms with E-state index < -0.39 is 28.4 Å². The molecular formula is C18H20FNO6S. The number of hydrogen-bond acceptors (Lipinski definition) is 6. The molecule has 0 radical (unpaired) electrons. The van der Waals surface area contributed by atoms with E-state index in [1.807, 2.05) is 0 Å². The Morgan fingerprint density at radius 3 is 2.30 bits per heavy atom. The van der Waals surface area contributed by atoms with Crippen LogP contribution in [-0.2, 0) is 19.6 Å². The summed E-state index contributed by atoms with van der Waals surface area (Å²) in [7, 11) is -1.41. The van der Waals surface area contributed by atoms with E-state index in [-0.39, 0.29) is 22.9 Å². The Labute approximate surface area is 157 Å². The van der Waals surface area contributed by atoms with Crippen molar-refractivity contribution < 1.29 is 31.8 Å². The first-order valence-corrected chi connectivity index (χ1v) is 9.43. The maximum absolute atomic E-state index is 13.2. The van der Waals surface area contributed by atoms with Crippen molar-refractivity contribution in [2.24, 2.45) is 0 Å². The number of esters is 1. The summed E-state index contributed by atoms with van der Waals surface area (Å²) in [5.74, 6) is -0.738. The highest BCUT2D eigenvalue weighted by atomic mass is 32.2. The molecule has 0 N–H and O–H groups in total. The standard InChI is InChI=1S/C18H20FNO6S/c1-4-26-18(21)12-20(16-11-14(24-2)7-10-17(16)25-3)27(22,23)15-8-5-13(19)6-9-15/h5-11H,4,12H2,1-3H3. The van der Waals surface area contributed by atoms with Crippen LogP contribution in [0.15, 0.2) is 47.4 Å². The molecule has 2 aromatic carbocycles. The fourth-order valence-electron chi connectivity index (χ4n) is 2.35. The summed E-state index contributed by atoms with van der Waals surface area (Å²) in [4.78, 5) is 11.9. The molecule has 146 valence electrons. The maximum Gasteiger partial charge on any atom is 0.326 e. The minimum atomic E-state index is -4.21. The van der Waals surface area contributed by atoms with Crippen LogP contribution in [0.2, 0.25) is 0 Å². The molecule has 27 heavy (non-hydrogen) atoms. The van der Waals surface area contributed by atoms with Gasteiger partial charge in [0.05, 0.1) is 31.4 Å². The van der Waals surface area contributed by atoms with Crippen LogP contribution in [-0.4, -0.2) is 41.8 Å².